The summed E-state index contributed by atoms with van der Waals surface area (Å²) >= 11 is 6.00. The maximum absolute atomic E-state index is 13.1. The Hall–Kier alpha value is -4.62. The molecule has 4 aromatic carbocycles. The molecule has 0 fully saturated rings. The maximum Gasteiger partial charge on any atom is 0.328 e. The highest BCUT2D eigenvalue weighted by atomic mass is 35.5. The van der Waals surface area contributed by atoms with E-state index in [9.17, 15) is 9.59 Å². The van der Waals surface area contributed by atoms with E-state index in [0.717, 1.165) is 22.3 Å². The zero-order chi connectivity index (χ0) is 27.2. The topological polar surface area (TPSA) is 93.3 Å². The van der Waals surface area contributed by atoms with Crippen LogP contribution >= 0.6 is 11.6 Å². The number of methoxy groups -OCH3 is 1. The number of ether oxygens (including phenoxy) is 2. The monoisotopic (exact) mass is 539 g/mol. The molecule has 1 aromatic heterocycles. The molecule has 1 amide bonds. The SMILES string of the molecule is COC(=O)[C@H](Cc1ccc(OCc2ccccc2)cc1)NC(=O)c1nc2ccc(-c3ccc(Cl)cc3)cc2[nH]1. The zero-order valence-corrected chi connectivity index (χ0v) is 21.9. The van der Waals surface area contributed by atoms with E-state index in [1.807, 2.05) is 97.1 Å². The van der Waals surface area contributed by atoms with E-state index in [1.165, 1.54) is 7.11 Å². The van der Waals surface area contributed by atoms with Crippen molar-refractivity contribution in [2.75, 3.05) is 7.11 Å². The molecule has 39 heavy (non-hydrogen) atoms. The van der Waals surface area contributed by atoms with Crippen molar-refractivity contribution in [3.05, 3.63) is 119 Å². The number of imidazole rings is 1. The molecule has 0 saturated carbocycles. The maximum atomic E-state index is 13.1. The highest BCUT2D eigenvalue weighted by Crippen LogP contribution is 2.25. The summed E-state index contributed by atoms with van der Waals surface area (Å²) in [5, 5.41) is 3.41. The molecule has 8 heteroatoms. The molecule has 0 bridgehead atoms. The summed E-state index contributed by atoms with van der Waals surface area (Å²) < 4.78 is 10.8. The molecule has 0 aliphatic carbocycles. The first-order valence-electron chi connectivity index (χ1n) is 12.4. The number of halogens is 1. The lowest BCUT2D eigenvalue weighted by Crippen LogP contribution is -2.43. The van der Waals surface area contributed by atoms with Crippen LogP contribution < -0.4 is 10.1 Å². The minimum atomic E-state index is -0.892. The van der Waals surface area contributed by atoms with E-state index in [4.69, 9.17) is 21.1 Å². The number of carbonyl (C=O) groups is 2. The minimum absolute atomic E-state index is 0.108. The van der Waals surface area contributed by atoms with Crippen LogP contribution in [0.1, 0.15) is 21.7 Å². The number of aromatic amines is 1. The van der Waals surface area contributed by atoms with Crippen molar-refractivity contribution < 1.29 is 19.1 Å². The van der Waals surface area contributed by atoms with Crippen LogP contribution in [0, 0.1) is 0 Å². The summed E-state index contributed by atoms with van der Waals surface area (Å²) in [6.07, 6.45) is 0.248. The number of hydrogen-bond acceptors (Lipinski definition) is 5. The number of benzene rings is 4. The van der Waals surface area contributed by atoms with Crippen molar-refractivity contribution in [1.82, 2.24) is 15.3 Å². The standard InChI is InChI=1S/C31H26ClN3O4/c1-38-31(37)28(17-20-7-14-25(15-8-20)39-19-21-5-3-2-4-6-21)35-30(36)29-33-26-16-11-23(18-27(26)34-29)22-9-12-24(32)13-10-22/h2-16,18,28H,17,19H2,1H3,(H,33,34)(H,35,36)/t28-/m0/s1. The van der Waals surface area contributed by atoms with E-state index in [0.29, 0.717) is 28.4 Å². The van der Waals surface area contributed by atoms with Gasteiger partial charge in [-0.2, -0.15) is 0 Å². The van der Waals surface area contributed by atoms with Gasteiger partial charge in [-0.05, 0) is 58.7 Å². The van der Waals surface area contributed by atoms with Crippen LogP contribution in [0.15, 0.2) is 97.1 Å². The normalized spacial score (nSPS) is 11.6. The van der Waals surface area contributed by atoms with Crippen molar-refractivity contribution in [1.29, 1.82) is 0 Å². The zero-order valence-electron chi connectivity index (χ0n) is 21.2. The third kappa shape index (κ3) is 6.45. The second-order valence-corrected chi connectivity index (χ2v) is 9.43. The smallest absolute Gasteiger partial charge is 0.328 e. The molecule has 0 spiro atoms. The number of fused-ring (bicyclic) bond motifs is 1. The van der Waals surface area contributed by atoms with Crippen LogP contribution in [0.3, 0.4) is 0 Å². The average Bonchev–Trinajstić information content (AvgIpc) is 3.41. The summed E-state index contributed by atoms with van der Waals surface area (Å²) in [6, 6.07) is 29.6. The van der Waals surface area contributed by atoms with Crippen LogP contribution in [0.4, 0.5) is 0 Å². The van der Waals surface area contributed by atoms with E-state index >= 15 is 0 Å². The van der Waals surface area contributed by atoms with Crippen molar-refractivity contribution in [3.8, 4) is 16.9 Å². The molecule has 0 radical (unpaired) electrons. The molecule has 196 valence electrons. The summed E-state index contributed by atoms with van der Waals surface area (Å²) in [5.74, 6) is -0.232. The molecule has 0 aliphatic rings. The molecule has 0 unspecified atom stereocenters. The lowest BCUT2D eigenvalue weighted by Gasteiger charge is -2.16. The third-order valence-corrected chi connectivity index (χ3v) is 6.53. The number of H-pyrrole nitrogens is 1. The second-order valence-electron chi connectivity index (χ2n) is 9.00. The van der Waals surface area contributed by atoms with Crippen LogP contribution in [0.2, 0.25) is 5.02 Å². The Balaban J connectivity index is 1.26. The molecule has 7 nitrogen and oxygen atoms in total. The molecule has 1 heterocycles. The number of esters is 1. The van der Waals surface area contributed by atoms with Gasteiger partial charge in [0.25, 0.3) is 5.91 Å². The number of aromatic nitrogens is 2. The largest absolute Gasteiger partial charge is 0.489 e. The first-order chi connectivity index (χ1) is 19.0. The van der Waals surface area contributed by atoms with Crippen molar-refractivity contribution >= 4 is 34.5 Å². The Morgan fingerprint density at radius 2 is 1.62 bits per heavy atom. The number of hydrogen-bond donors (Lipinski definition) is 2. The van der Waals surface area contributed by atoms with Gasteiger partial charge in [-0.15, -0.1) is 0 Å². The van der Waals surface area contributed by atoms with Crippen LogP contribution in [0.25, 0.3) is 22.2 Å². The average molecular weight is 540 g/mol. The fraction of sp³-hybridized carbons (Fsp3) is 0.129. The highest BCUT2D eigenvalue weighted by Gasteiger charge is 2.24. The summed E-state index contributed by atoms with van der Waals surface area (Å²) in [5.41, 5.74) is 5.20. The summed E-state index contributed by atoms with van der Waals surface area (Å²) in [4.78, 5) is 33.0. The Morgan fingerprint density at radius 3 is 2.33 bits per heavy atom. The number of carbonyl (C=O) groups excluding carboxylic acids is 2. The summed E-state index contributed by atoms with van der Waals surface area (Å²) in [7, 11) is 1.29. The molecule has 0 aliphatic heterocycles. The first-order valence-corrected chi connectivity index (χ1v) is 12.8. The van der Waals surface area contributed by atoms with Gasteiger partial charge in [0.1, 0.15) is 18.4 Å². The fourth-order valence-corrected chi connectivity index (χ4v) is 4.33. The van der Waals surface area contributed by atoms with Crippen molar-refractivity contribution in [3.63, 3.8) is 0 Å². The lowest BCUT2D eigenvalue weighted by molar-refractivity contribution is -0.142. The van der Waals surface area contributed by atoms with Gasteiger partial charge in [0.15, 0.2) is 5.82 Å². The summed E-state index contributed by atoms with van der Waals surface area (Å²) in [6.45, 7) is 0.458. The Morgan fingerprint density at radius 1 is 0.897 bits per heavy atom. The van der Waals surface area contributed by atoms with E-state index in [1.54, 1.807) is 0 Å². The number of nitrogens with zero attached hydrogens (tertiary/aromatic N) is 1. The van der Waals surface area contributed by atoms with Crippen molar-refractivity contribution in [2.24, 2.45) is 0 Å². The highest BCUT2D eigenvalue weighted by molar-refractivity contribution is 6.30. The van der Waals surface area contributed by atoms with Gasteiger partial charge in [-0.1, -0.05) is 72.3 Å². The Kier molecular flexibility index (Phi) is 7.89. The Bertz CT molecular complexity index is 1580. The number of nitrogens with one attached hydrogen (secondary N) is 2. The van der Waals surface area contributed by atoms with Gasteiger partial charge in [-0.3, -0.25) is 4.79 Å². The predicted octanol–water partition coefficient (Wildman–Crippen LogP) is 5.98. The van der Waals surface area contributed by atoms with E-state index < -0.39 is 17.9 Å². The van der Waals surface area contributed by atoms with E-state index in [2.05, 4.69) is 15.3 Å². The van der Waals surface area contributed by atoms with Gasteiger partial charge in [0.2, 0.25) is 0 Å². The molecule has 1 atom stereocenters. The molecular formula is C31H26ClN3O4. The van der Waals surface area contributed by atoms with E-state index in [-0.39, 0.29) is 12.2 Å². The third-order valence-electron chi connectivity index (χ3n) is 6.28. The number of rotatable bonds is 9. The van der Waals surface area contributed by atoms with Gasteiger partial charge >= 0.3 is 5.97 Å². The van der Waals surface area contributed by atoms with Gasteiger partial charge in [0, 0.05) is 11.4 Å². The van der Waals surface area contributed by atoms with Gasteiger partial charge < -0.3 is 19.8 Å². The lowest BCUT2D eigenvalue weighted by atomic mass is 10.1. The van der Waals surface area contributed by atoms with Gasteiger partial charge in [0.05, 0.1) is 18.1 Å². The van der Waals surface area contributed by atoms with Crippen LogP contribution in [0.5, 0.6) is 5.75 Å². The first kappa shape index (κ1) is 26.0. The van der Waals surface area contributed by atoms with Crippen LogP contribution in [-0.4, -0.2) is 35.0 Å². The van der Waals surface area contributed by atoms with Gasteiger partial charge in [-0.25, -0.2) is 9.78 Å². The minimum Gasteiger partial charge on any atom is -0.489 e. The molecule has 5 rings (SSSR count). The second kappa shape index (κ2) is 11.8. The fourth-order valence-electron chi connectivity index (χ4n) is 4.20. The number of amides is 1. The van der Waals surface area contributed by atoms with Crippen molar-refractivity contribution in [2.45, 2.75) is 19.1 Å². The molecule has 2 N–H and O–H groups in total. The van der Waals surface area contributed by atoms with Crippen LogP contribution in [-0.2, 0) is 22.6 Å². The predicted molar refractivity (Wildman–Crippen MR) is 151 cm³/mol. The Labute approximate surface area is 230 Å². The molecule has 0 saturated heterocycles. The molecule has 5 aromatic rings. The quantitative estimate of drug-likeness (QED) is 0.225. The molecular weight excluding hydrogens is 514 g/mol.